The van der Waals surface area contributed by atoms with Gasteiger partial charge < -0.3 is 43.4 Å². The number of carboxylic acids is 1. The van der Waals surface area contributed by atoms with E-state index in [0.717, 1.165) is 24.7 Å². The summed E-state index contributed by atoms with van der Waals surface area (Å²) in [4.78, 5) is 51.7. The fourth-order valence-electron chi connectivity index (χ4n) is 10.9. The lowest BCUT2D eigenvalue weighted by atomic mass is 9.43. The molecule has 46 heavy (non-hydrogen) atoms. The molecule has 2 aliphatic heterocycles. The van der Waals surface area contributed by atoms with Gasteiger partial charge in [-0.2, -0.15) is 0 Å². The summed E-state index contributed by atoms with van der Waals surface area (Å²) >= 11 is 0. The molecule has 6 rings (SSSR count). The summed E-state index contributed by atoms with van der Waals surface area (Å²) in [6, 6.07) is 0. The van der Waals surface area contributed by atoms with Crippen LogP contribution in [0, 0.1) is 45.8 Å². The lowest BCUT2D eigenvalue weighted by Gasteiger charge is -2.58. The number of carboxylic acid groups (broad SMARTS) is 1. The zero-order valence-corrected chi connectivity index (χ0v) is 27.6. The largest absolute Gasteiger partial charge is 0.481 e. The predicted molar refractivity (Wildman–Crippen MR) is 159 cm³/mol. The van der Waals surface area contributed by atoms with Gasteiger partial charge in [0, 0.05) is 18.9 Å². The van der Waals surface area contributed by atoms with Crippen molar-refractivity contribution < 1.29 is 57.8 Å². The van der Waals surface area contributed by atoms with E-state index in [2.05, 4.69) is 17.7 Å². The van der Waals surface area contributed by atoms with Crippen molar-refractivity contribution >= 4 is 24.2 Å². The van der Waals surface area contributed by atoms with Crippen LogP contribution in [0.15, 0.2) is 11.6 Å². The summed E-state index contributed by atoms with van der Waals surface area (Å²) in [7, 11) is 2.68. The molecule has 4 aliphatic carbocycles. The third-order valence-corrected chi connectivity index (χ3v) is 12.6. The quantitative estimate of drug-likeness (QED) is 0.192. The maximum atomic E-state index is 13.8. The zero-order chi connectivity index (χ0) is 33.4. The first kappa shape index (κ1) is 33.5. The molecule has 256 valence electrons. The normalized spacial score (nSPS) is 47.2. The van der Waals surface area contributed by atoms with Gasteiger partial charge in [0.15, 0.2) is 24.6 Å². The molecule has 0 aromatic carbocycles. The predicted octanol–water partition coefficient (Wildman–Crippen LogP) is 3.03. The van der Waals surface area contributed by atoms with E-state index in [1.54, 1.807) is 6.92 Å². The van der Waals surface area contributed by atoms with Crippen LogP contribution in [0.5, 0.6) is 0 Å². The van der Waals surface area contributed by atoms with Gasteiger partial charge in [0.1, 0.15) is 11.7 Å². The van der Waals surface area contributed by atoms with Crippen molar-refractivity contribution in [3.63, 3.8) is 0 Å². The molecule has 0 aromatic heterocycles. The van der Waals surface area contributed by atoms with Crippen LogP contribution in [-0.2, 0) is 47.6 Å². The summed E-state index contributed by atoms with van der Waals surface area (Å²) < 4.78 is 34.8. The van der Waals surface area contributed by atoms with Gasteiger partial charge in [-0.05, 0) is 68.6 Å². The minimum Gasteiger partial charge on any atom is -0.481 e. The van der Waals surface area contributed by atoms with Crippen LogP contribution in [0.3, 0.4) is 0 Å². The first-order valence-corrected chi connectivity index (χ1v) is 16.7. The van der Waals surface area contributed by atoms with E-state index in [-0.39, 0.29) is 43.1 Å². The maximum absolute atomic E-state index is 13.8. The minimum atomic E-state index is -1.95. The van der Waals surface area contributed by atoms with Crippen LogP contribution < -0.4 is 0 Å². The number of aliphatic carboxylic acids is 1. The Morgan fingerprint density at radius 1 is 1.17 bits per heavy atom. The summed E-state index contributed by atoms with van der Waals surface area (Å²) in [5, 5.41) is 23.0. The van der Waals surface area contributed by atoms with Crippen molar-refractivity contribution in [3.8, 4) is 0 Å². The van der Waals surface area contributed by atoms with Gasteiger partial charge in [0.05, 0.1) is 25.2 Å². The minimum absolute atomic E-state index is 0.0265. The van der Waals surface area contributed by atoms with E-state index < -0.39 is 70.6 Å². The number of carbonyl (C=O) groups excluding carboxylic acids is 3. The van der Waals surface area contributed by atoms with Crippen LogP contribution in [0.25, 0.3) is 0 Å². The lowest BCUT2D eigenvalue weighted by molar-refractivity contribution is -0.386. The average molecular weight is 649 g/mol. The van der Waals surface area contributed by atoms with Gasteiger partial charge in [0.2, 0.25) is 0 Å². The van der Waals surface area contributed by atoms with Crippen molar-refractivity contribution in [1.82, 2.24) is 0 Å². The van der Waals surface area contributed by atoms with Gasteiger partial charge in [0.25, 0.3) is 5.79 Å². The Morgan fingerprint density at radius 3 is 2.54 bits per heavy atom. The van der Waals surface area contributed by atoms with Crippen LogP contribution in [0.2, 0.25) is 0 Å². The zero-order valence-electron chi connectivity index (χ0n) is 27.6. The highest BCUT2D eigenvalue weighted by Gasteiger charge is 2.84. The average Bonchev–Trinajstić information content (AvgIpc) is 3.69. The van der Waals surface area contributed by atoms with Gasteiger partial charge in [-0.15, -0.1) is 0 Å². The molecule has 2 heterocycles. The van der Waals surface area contributed by atoms with Gasteiger partial charge >= 0.3 is 17.9 Å². The number of aldehydes is 1. The fraction of sp³-hybridized carbons (Fsp3) is 0.824. The molecule has 4 bridgehead atoms. The van der Waals surface area contributed by atoms with Gasteiger partial charge in [-0.3, -0.25) is 9.59 Å². The van der Waals surface area contributed by atoms with Crippen molar-refractivity contribution in [1.29, 1.82) is 0 Å². The Bertz CT molecular complexity index is 1300. The second-order valence-electron chi connectivity index (χ2n) is 14.8. The molecule has 0 aromatic rings. The van der Waals surface area contributed by atoms with Crippen molar-refractivity contribution in [3.05, 3.63) is 11.6 Å². The summed E-state index contributed by atoms with van der Waals surface area (Å²) in [5.74, 6) is -3.91. The molecule has 5 fully saturated rings. The maximum Gasteiger partial charge on any atom is 0.338 e. The molecule has 0 amide bonds. The van der Waals surface area contributed by atoms with E-state index in [4.69, 9.17) is 23.7 Å². The number of carbonyl (C=O) groups is 4. The summed E-state index contributed by atoms with van der Waals surface area (Å²) in [5.41, 5.74) is -2.68. The van der Waals surface area contributed by atoms with Gasteiger partial charge in [-0.1, -0.05) is 38.8 Å². The van der Waals surface area contributed by atoms with Gasteiger partial charge in [-0.25, -0.2) is 4.79 Å². The number of allylic oxidation sites excluding steroid dienone is 1. The Morgan fingerprint density at radius 2 is 1.91 bits per heavy atom. The van der Waals surface area contributed by atoms with Crippen molar-refractivity contribution in [2.75, 3.05) is 20.8 Å². The Labute approximate surface area is 269 Å². The molecule has 13 atom stereocenters. The van der Waals surface area contributed by atoms with E-state index in [0.29, 0.717) is 25.2 Å². The highest BCUT2D eigenvalue weighted by atomic mass is 16.8. The second kappa shape index (κ2) is 11.6. The van der Waals surface area contributed by atoms with Crippen molar-refractivity contribution in [2.45, 2.75) is 109 Å². The third-order valence-electron chi connectivity index (χ3n) is 12.6. The lowest BCUT2D eigenvalue weighted by Crippen LogP contribution is -2.68. The standard InChI is InChI=1S/C34H48O12/c1-17(2)23-12-20-13-31(15-35)22-11-10-18(3)21(22)14-32(20,33(23,31)30(39)40)16-43-29-26(37)34(27(42-6)19(4)44-29)45-24(28(38)46-34)8-7-9-25(36)41-5/h12,15,17-22,24,26-27,29,37H,7-11,13-14,16H2,1-6H3,(H,39,40). The highest BCUT2D eigenvalue weighted by molar-refractivity contribution is 5.90. The van der Waals surface area contributed by atoms with Crippen LogP contribution in [-0.4, -0.2) is 91.7 Å². The van der Waals surface area contributed by atoms with E-state index in [9.17, 15) is 29.4 Å². The Hall–Kier alpha value is -2.38. The smallest absolute Gasteiger partial charge is 0.338 e. The third kappa shape index (κ3) is 4.22. The molecule has 1 spiro atoms. The topological polar surface area (TPSA) is 164 Å². The number of methoxy groups -OCH3 is 2. The van der Waals surface area contributed by atoms with E-state index >= 15 is 0 Å². The molecule has 12 heteroatoms. The van der Waals surface area contributed by atoms with Crippen molar-refractivity contribution in [2.24, 2.45) is 45.8 Å². The number of aliphatic hydroxyl groups excluding tert-OH is 1. The van der Waals surface area contributed by atoms with Crippen LogP contribution in [0.4, 0.5) is 0 Å². The molecule has 12 nitrogen and oxygen atoms in total. The van der Waals surface area contributed by atoms with E-state index in [1.165, 1.54) is 14.2 Å². The molecule has 13 unspecified atom stereocenters. The molecular formula is C34H48O12. The fourth-order valence-corrected chi connectivity index (χ4v) is 10.9. The monoisotopic (exact) mass is 648 g/mol. The van der Waals surface area contributed by atoms with Crippen LogP contribution in [0.1, 0.15) is 72.6 Å². The SMILES string of the molecule is COC(=O)CCCC1OC2(OC1=O)C(O)C(OCC13CC4C(C)CCC4C4(C=O)CC1C=C(C(C)C)C43C(=O)O)OC(C)C2OC. The summed E-state index contributed by atoms with van der Waals surface area (Å²) in [6.07, 6.45) is 0.552. The molecular weight excluding hydrogens is 600 g/mol. The Kier molecular flexibility index (Phi) is 8.49. The summed E-state index contributed by atoms with van der Waals surface area (Å²) in [6.45, 7) is 7.75. The van der Waals surface area contributed by atoms with E-state index in [1.807, 2.05) is 13.8 Å². The molecule has 2 saturated heterocycles. The molecule has 2 N–H and O–H groups in total. The Balaban J connectivity index is 1.32. The highest BCUT2D eigenvalue weighted by Crippen LogP contribution is 2.82. The number of hydrogen-bond donors (Lipinski definition) is 2. The number of aliphatic hydroxyl groups is 1. The number of rotatable bonds is 11. The molecule has 6 aliphatic rings. The number of ether oxygens (including phenoxy) is 6. The first-order chi connectivity index (χ1) is 21.8. The number of fused-ring (bicyclic) bond motifs is 2. The number of esters is 2. The number of hydrogen-bond acceptors (Lipinski definition) is 11. The molecule has 0 radical (unpaired) electrons. The first-order valence-electron chi connectivity index (χ1n) is 16.7. The second-order valence-corrected chi connectivity index (χ2v) is 14.8. The molecule has 3 saturated carbocycles. The van der Waals surface area contributed by atoms with Crippen LogP contribution >= 0.6 is 0 Å².